The van der Waals surface area contributed by atoms with Gasteiger partial charge in [-0.05, 0) is 59.4 Å². The Morgan fingerprint density at radius 2 is 1.60 bits per heavy atom. The Balaban J connectivity index is 1.74. The lowest BCUT2D eigenvalue weighted by Gasteiger charge is -2.25. The van der Waals surface area contributed by atoms with Gasteiger partial charge in [0.25, 0.3) is 5.91 Å². The minimum absolute atomic E-state index is 0.0716. The molecular formula is C26H31NO3. The molecule has 0 saturated heterocycles. The molecule has 0 unspecified atom stereocenters. The second-order valence-electron chi connectivity index (χ2n) is 7.99. The van der Waals surface area contributed by atoms with Crippen LogP contribution in [-0.2, 0) is 4.79 Å². The van der Waals surface area contributed by atoms with Crippen LogP contribution in [0, 0.1) is 5.92 Å². The minimum atomic E-state index is -0.543. The van der Waals surface area contributed by atoms with E-state index < -0.39 is 6.10 Å². The Labute approximate surface area is 179 Å². The van der Waals surface area contributed by atoms with Crippen molar-refractivity contribution < 1.29 is 14.3 Å². The summed E-state index contributed by atoms with van der Waals surface area (Å²) in [5.41, 5.74) is 1.07. The summed E-state index contributed by atoms with van der Waals surface area (Å²) in [5, 5.41) is 5.46. The van der Waals surface area contributed by atoms with Crippen LogP contribution in [0.2, 0.25) is 0 Å². The summed E-state index contributed by atoms with van der Waals surface area (Å²) in [5.74, 6) is 1.87. The molecule has 0 radical (unpaired) electrons. The highest BCUT2D eigenvalue weighted by atomic mass is 16.5. The lowest BCUT2D eigenvalue weighted by atomic mass is 9.96. The molecule has 3 rings (SSSR count). The van der Waals surface area contributed by atoms with Crippen molar-refractivity contribution in [3.8, 4) is 11.5 Å². The van der Waals surface area contributed by atoms with E-state index in [2.05, 4.69) is 25.2 Å². The summed E-state index contributed by atoms with van der Waals surface area (Å²) >= 11 is 0. The number of hydrogen-bond donors (Lipinski definition) is 1. The zero-order valence-electron chi connectivity index (χ0n) is 18.2. The van der Waals surface area contributed by atoms with Crippen molar-refractivity contribution in [2.24, 2.45) is 5.92 Å². The first-order chi connectivity index (χ1) is 14.5. The standard InChI is InChI=1S/C26H31NO3/c1-5-25(30-23-15-10-19-8-6-7-9-21(19)17-23)26(28)27-24(16-18(2)3)20-11-13-22(29-4)14-12-20/h6-15,17-18,24-25H,5,16H2,1-4H3,(H,27,28)/t24-,25+/m1/s1. The van der Waals surface area contributed by atoms with Crippen LogP contribution in [-0.4, -0.2) is 19.1 Å². The lowest BCUT2D eigenvalue weighted by molar-refractivity contribution is -0.129. The van der Waals surface area contributed by atoms with Gasteiger partial charge in [0.2, 0.25) is 0 Å². The van der Waals surface area contributed by atoms with E-state index in [0.717, 1.165) is 28.5 Å². The number of carbonyl (C=O) groups is 1. The molecule has 4 heteroatoms. The van der Waals surface area contributed by atoms with Gasteiger partial charge in [-0.3, -0.25) is 4.79 Å². The summed E-state index contributed by atoms with van der Waals surface area (Å²) in [6, 6.07) is 21.9. The highest BCUT2D eigenvalue weighted by molar-refractivity contribution is 5.84. The van der Waals surface area contributed by atoms with E-state index in [-0.39, 0.29) is 11.9 Å². The van der Waals surface area contributed by atoms with Crippen LogP contribution in [0.15, 0.2) is 66.7 Å². The fourth-order valence-electron chi connectivity index (χ4n) is 3.58. The minimum Gasteiger partial charge on any atom is -0.497 e. The number of fused-ring (bicyclic) bond motifs is 1. The average Bonchev–Trinajstić information content (AvgIpc) is 2.76. The molecule has 0 spiro atoms. The molecule has 0 aliphatic carbocycles. The first-order valence-electron chi connectivity index (χ1n) is 10.6. The SMILES string of the molecule is CC[C@H](Oc1ccc2ccccc2c1)C(=O)N[C@H](CC(C)C)c1ccc(OC)cc1. The van der Waals surface area contributed by atoms with Gasteiger partial charge >= 0.3 is 0 Å². The van der Waals surface area contributed by atoms with Gasteiger partial charge < -0.3 is 14.8 Å². The van der Waals surface area contributed by atoms with Crippen LogP contribution in [0.3, 0.4) is 0 Å². The Kier molecular flexibility index (Phi) is 7.34. The van der Waals surface area contributed by atoms with Gasteiger partial charge in [0, 0.05) is 0 Å². The van der Waals surface area contributed by atoms with Gasteiger partial charge in [0.05, 0.1) is 13.2 Å². The molecule has 3 aromatic rings. The van der Waals surface area contributed by atoms with Crippen molar-refractivity contribution in [3.63, 3.8) is 0 Å². The number of carbonyl (C=O) groups excluding carboxylic acids is 1. The molecule has 4 nitrogen and oxygen atoms in total. The van der Waals surface area contributed by atoms with Crippen LogP contribution in [0.4, 0.5) is 0 Å². The Hall–Kier alpha value is -3.01. The van der Waals surface area contributed by atoms with Gasteiger partial charge in [-0.25, -0.2) is 0 Å². The zero-order chi connectivity index (χ0) is 21.5. The topological polar surface area (TPSA) is 47.6 Å². The number of nitrogens with one attached hydrogen (secondary N) is 1. The molecule has 158 valence electrons. The van der Waals surface area contributed by atoms with E-state index in [1.807, 2.05) is 67.6 Å². The number of hydrogen-bond acceptors (Lipinski definition) is 3. The fraction of sp³-hybridized carbons (Fsp3) is 0.346. The molecule has 0 aliphatic heterocycles. The smallest absolute Gasteiger partial charge is 0.261 e. The van der Waals surface area contributed by atoms with Crippen LogP contribution >= 0.6 is 0 Å². The monoisotopic (exact) mass is 405 g/mol. The molecule has 0 bridgehead atoms. The maximum absolute atomic E-state index is 13.1. The maximum Gasteiger partial charge on any atom is 0.261 e. The molecule has 3 aromatic carbocycles. The van der Waals surface area contributed by atoms with Gasteiger partial charge in [-0.15, -0.1) is 0 Å². The van der Waals surface area contributed by atoms with Gasteiger partial charge in [-0.1, -0.05) is 63.2 Å². The van der Waals surface area contributed by atoms with E-state index in [0.29, 0.717) is 18.1 Å². The van der Waals surface area contributed by atoms with E-state index in [1.165, 1.54) is 0 Å². The molecule has 1 amide bonds. The molecule has 0 aliphatic rings. The quantitative estimate of drug-likeness (QED) is 0.481. The highest BCUT2D eigenvalue weighted by Gasteiger charge is 2.23. The van der Waals surface area contributed by atoms with Crippen LogP contribution in [0.5, 0.6) is 11.5 Å². The summed E-state index contributed by atoms with van der Waals surface area (Å²) in [6.45, 7) is 6.28. The second-order valence-corrected chi connectivity index (χ2v) is 7.99. The normalized spacial score (nSPS) is 13.1. The zero-order valence-corrected chi connectivity index (χ0v) is 18.2. The number of ether oxygens (including phenoxy) is 2. The third-order valence-corrected chi connectivity index (χ3v) is 5.20. The van der Waals surface area contributed by atoms with E-state index in [4.69, 9.17) is 9.47 Å². The van der Waals surface area contributed by atoms with Crippen molar-refractivity contribution >= 4 is 16.7 Å². The van der Waals surface area contributed by atoms with Crippen molar-refractivity contribution in [1.29, 1.82) is 0 Å². The molecule has 30 heavy (non-hydrogen) atoms. The van der Waals surface area contributed by atoms with Crippen LogP contribution < -0.4 is 14.8 Å². The molecule has 2 atom stereocenters. The van der Waals surface area contributed by atoms with Crippen LogP contribution in [0.25, 0.3) is 10.8 Å². The van der Waals surface area contributed by atoms with Crippen molar-refractivity contribution in [3.05, 3.63) is 72.3 Å². The molecule has 0 saturated carbocycles. The maximum atomic E-state index is 13.1. The third-order valence-electron chi connectivity index (χ3n) is 5.20. The first kappa shape index (κ1) is 21.7. The Bertz CT molecular complexity index is 965. The number of benzene rings is 3. The molecule has 1 N–H and O–H groups in total. The third kappa shape index (κ3) is 5.53. The van der Waals surface area contributed by atoms with Crippen molar-refractivity contribution in [2.45, 2.75) is 45.8 Å². The first-order valence-corrected chi connectivity index (χ1v) is 10.6. The summed E-state index contributed by atoms with van der Waals surface area (Å²) < 4.78 is 11.3. The Morgan fingerprint density at radius 1 is 0.933 bits per heavy atom. The van der Waals surface area contributed by atoms with Crippen LogP contribution in [0.1, 0.15) is 45.2 Å². The van der Waals surface area contributed by atoms with Crippen molar-refractivity contribution in [2.75, 3.05) is 7.11 Å². The summed E-state index contributed by atoms with van der Waals surface area (Å²) in [4.78, 5) is 13.1. The molecule has 0 aromatic heterocycles. The molecule has 0 fully saturated rings. The molecular weight excluding hydrogens is 374 g/mol. The van der Waals surface area contributed by atoms with E-state index in [1.54, 1.807) is 7.11 Å². The number of methoxy groups -OCH3 is 1. The van der Waals surface area contributed by atoms with Gasteiger partial charge in [0.1, 0.15) is 11.5 Å². The molecule has 0 heterocycles. The Morgan fingerprint density at radius 3 is 2.23 bits per heavy atom. The summed E-state index contributed by atoms with van der Waals surface area (Å²) in [7, 11) is 1.65. The summed E-state index contributed by atoms with van der Waals surface area (Å²) in [6.07, 6.45) is 0.902. The van der Waals surface area contributed by atoms with Gasteiger partial charge in [0.15, 0.2) is 6.10 Å². The number of amides is 1. The largest absolute Gasteiger partial charge is 0.497 e. The number of rotatable bonds is 9. The second kappa shape index (κ2) is 10.1. The van der Waals surface area contributed by atoms with Crippen molar-refractivity contribution in [1.82, 2.24) is 5.32 Å². The average molecular weight is 406 g/mol. The van der Waals surface area contributed by atoms with E-state index in [9.17, 15) is 4.79 Å². The predicted molar refractivity (Wildman–Crippen MR) is 122 cm³/mol. The lowest BCUT2D eigenvalue weighted by Crippen LogP contribution is -2.40. The highest BCUT2D eigenvalue weighted by Crippen LogP contribution is 2.25. The van der Waals surface area contributed by atoms with E-state index >= 15 is 0 Å². The fourth-order valence-corrected chi connectivity index (χ4v) is 3.58. The van der Waals surface area contributed by atoms with Gasteiger partial charge in [-0.2, -0.15) is 0 Å². The predicted octanol–water partition coefficient (Wildman–Crippen LogP) is 5.91.